The van der Waals surface area contributed by atoms with E-state index in [0.717, 1.165) is 11.8 Å². The molecule has 0 amide bonds. The number of rotatable bonds is 5. The van der Waals surface area contributed by atoms with Crippen molar-refractivity contribution in [1.29, 1.82) is 15.8 Å². The molecule has 9 heteroatoms. The Balaban J connectivity index is 2.69. The summed E-state index contributed by atoms with van der Waals surface area (Å²) in [5.74, 6) is -0.907. The lowest BCUT2D eigenvalue weighted by molar-refractivity contribution is -0.139. The minimum absolute atomic E-state index is 0.00382. The molecule has 0 saturated carbocycles. The molecule has 0 bridgehead atoms. The summed E-state index contributed by atoms with van der Waals surface area (Å²) >= 11 is 6.90. The zero-order valence-electron chi connectivity index (χ0n) is 14.2. The predicted octanol–water partition coefficient (Wildman–Crippen LogP) is 2.86. The molecule has 0 aliphatic carbocycles. The molecule has 0 radical (unpaired) electrons. The zero-order chi connectivity index (χ0) is 20.0. The third-order valence-electron chi connectivity index (χ3n) is 3.59. The normalized spacial score (nSPS) is 18.1. The average molecular weight is 401 g/mol. The maximum Gasteiger partial charge on any atom is 0.316 e. The van der Waals surface area contributed by atoms with E-state index < -0.39 is 10.9 Å². The van der Waals surface area contributed by atoms with Gasteiger partial charge in [-0.3, -0.25) is 4.79 Å². The largest absolute Gasteiger partial charge is 0.465 e. The van der Waals surface area contributed by atoms with E-state index in [9.17, 15) is 20.6 Å². The summed E-state index contributed by atoms with van der Waals surface area (Å²) in [5.41, 5.74) is 5.87. The van der Waals surface area contributed by atoms with Crippen LogP contribution in [0.2, 0.25) is 5.02 Å². The first kappa shape index (κ1) is 20.2. The molecule has 1 aliphatic heterocycles. The minimum atomic E-state index is -1.53. The molecule has 2 rings (SSSR count). The van der Waals surface area contributed by atoms with Gasteiger partial charge in [0.05, 0.1) is 17.9 Å². The number of benzene rings is 1. The van der Waals surface area contributed by atoms with E-state index in [2.05, 4.69) is 0 Å². The Hall–Kier alpha value is -3.12. The molecule has 7 nitrogen and oxygen atoms in total. The van der Waals surface area contributed by atoms with Gasteiger partial charge in [-0.15, -0.1) is 0 Å². The van der Waals surface area contributed by atoms with E-state index in [4.69, 9.17) is 26.8 Å². The Morgan fingerprint density at radius 2 is 1.93 bits per heavy atom. The Bertz CT molecular complexity index is 935. The van der Waals surface area contributed by atoms with E-state index >= 15 is 0 Å². The number of hydrogen-bond donors (Lipinski definition) is 1. The number of nitrogens with two attached hydrogens (primary N) is 1. The molecule has 1 aliphatic rings. The molecule has 27 heavy (non-hydrogen) atoms. The van der Waals surface area contributed by atoms with Crippen LogP contribution in [-0.2, 0) is 19.2 Å². The minimum Gasteiger partial charge on any atom is -0.465 e. The average Bonchev–Trinajstić information content (AvgIpc) is 2.94. The van der Waals surface area contributed by atoms with Crippen LogP contribution in [0.15, 0.2) is 46.9 Å². The highest BCUT2D eigenvalue weighted by Gasteiger charge is 2.50. The number of halogens is 1. The van der Waals surface area contributed by atoms with Gasteiger partial charge in [0, 0.05) is 10.6 Å². The van der Waals surface area contributed by atoms with Crippen molar-refractivity contribution >= 4 is 29.3 Å². The van der Waals surface area contributed by atoms with Crippen molar-refractivity contribution in [3.05, 3.63) is 57.5 Å². The monoisotopic (exact) mass is 400 g/mol. The van der Waals surface area contributed by atoms with Gasteiger partial charge >= 0.3 is 5.97 Å². The van der Waals surface area contributed by atoms with Crippen LogP contribution >= 0.6 is 23.4 Å². The maximum atomic E-state index is 11.9. The number of carbonyl (C=O) groups is 1. The topological polar surface area (TPSA) is 133 Å². The van der Waals surface area contributed by atoms with Gasteiger partial charge in [0.1, 0.15) is 29.4 Å². The highest BCUT2D eigenvalue weighted by Crippen LogP contribution is 2.53. The number of hydrogen-bond acceptors (Lipinski definition) is 8. The first-order valence-electron chi connectivity index (χ1n) is 7.63. The van der Waals surface area contributed by atoms with Gasteiger partial charge in [-0.05, 0) is 19.1 Å². The van der Waals surface area contributed by atoms with Crippen molar-refractivity contribution < 1.29 is 14.3 Å². The van der Waals surface area contributed by atoms with Crippen LogP contribution in [-0.4, -0.2) is 18.3 Å². The second-order valence-electron chi connectivity index (χ2n) is 5.14. The number of nitrogens with zero attached hydrogens (tertiary/aromatic N) is 3. The van der Waals surface area contributed by atoms with Crippen LogP contribution in [0.25, 0.3) is 0 Å². The van der Waals surface area contributed by atoms with E-state index in [1.54, 1.807) is 43.3 Å². The standard InChI is InChI=1S/C18H13ClN4O3S/c1-2-25-15(24)10-27-18(12-3-5-13(19)6-4-12)16(11(7-20)8-21)14(9-22)17(23)26-18/h3-6H,2,10,23H2,1H3/t18-/m1/s1. The number of ether oxygens (including phenoxy) is 2. The third-order valence-corrected chi connectivity index (χ3v) is 5.15. The molecule has 136 valence electrons. The SMILES string of the molecule is CCOC(=O)CS[C@@]1(c2ccc(Cl)cc2)OC(N)=C(C#N)C1=C(C#N)C#N. The first-order chi connectivity index (χ1) is 12.9. The molecule has 0 fully saturated rings. The summed E-state index contributed by atoms with van der Waals surface area (Å²) in [7, 11) is 0. The molecule has 2 N–H and O–H groups in total. The third kappa shape index (κ3) is 3.85. The summed E-state index contributed by atoms with van der Waals surface area (Å²) < 4.78 is 10.7. The van der Waals surface area contributed by atoms with Crippen molar-refractivity contribution in [1.82, 2.24) is 0 Å². The number of esters is 1. The van der Waals surface area contributed by atoms with Crippen LogP contribution in [0.1, 0.15) is 12.5 Å². The molecule has 0 spiro atoms. The number of nitriles is 3. The summed E-state index contributed by atoms with van der Waals surface area (Å²) in [4.78, 5) is 10.4. The van der Waals surface area contributed by atoms with E-state index in [0.29, 0.717) is 10.6 Å². The number of allylic oxidation sites excluding steroid dienone is 1. The molecule has 1 aromatic rings. The Kier molecular flexibility index (Phi) is 6.36. The molecular weight excluding hydrogens is 388 g/mol. The van der Waals surface area contributed by atoms with Crippen molar-refractivity contribution in [3.8, 4) is 18.2 Å². The quantitative estimate of drug-likeness (QED) is 0.589. The summed E-state index contributed by atoms with van der Waals surface area (Å²) in [6.07, 6.45) is 0. The molecular formula is C18H13ClN4O3S. The summed E-state index contributed by atoms with van der Waals surface area (Å²) in [5, 5.41) is 28.7. The second-order valence-corrected chi connectivity index (χ2v) is 6.73. The van der Waals surface area contributed by atoms with Crippen LogP contribution in [0.3, 0.4) is 0 Å². The zero-order valence-corrected chi connectivity index (χ0v) is 15.7. The van der Waals surface area contributed by atoms with Gasteiger partial charge in [-0.25, -0.2) is 0 Å². The Morgan fingerprint density at radius 3 is 2.44 bits per heavy atom. The molecule has 0 saturated heterocycles. The number of thioether (sulfide) groups is 1. The summed E-state index contributed by atoms with van der Waals surface area (Å²) in [6.45, 7) is 1.87. The van der Waals surface area contributed by atoms with Gasteiger partial charge < -0.3 is 15.2 Å². The lowest BCUT2D eigenvalue weighted by Crippen LogP contribution is -2.28. The van der Waals surface area contributed by atoms with Crippen molar-refractivity contribution in [2.75, 3.05) is 12.4 Å². The lowest BCUT2D eigenvalue weighted by atomic mass is 9.93. The van der Waals surface area contributed by atoms with Crippen LogP contribution in [0, 0.1) is 34.0 Å². The van der Waals surface area contributed by atoms with E-state index in [-0.39, 0.29) is 35.0 Å². The van der Waals surface area contributed by atoms with Crippen LogP contribution in [0.4, 0.5) is 0 Å². The Labute approximate surface area is 165 Å². The fourth-order valence-electron chi connectivity index (χ4n) is 2.50. The predicted molar refractivity (Wildman–Crippen MR) is 98.4 cm³/mol. The van der Waals surface area contributed by atoms with Crippen molar-refractivity contribution in [2.45, 2.75) is 11.9 Å². The van der Waals surface area contributed by atoms with Crippen molar-refractivity contribution in [2.24, 2.45) is 5.73 Å². The van der Waals surface area contributed by atoms with E-state index in [1.807, 2.05) is 6.07 Å². The molecule has 1 atom stereocenters. The lowest BCUT2D eigenvalue weighted by Gasteiger charge is -2.30. The van der Waals surface area contributed by atoms with Crippen LogP contribution in [0.5, 0.6) is 0 Å². The van der Waals surface area contributed by atoms with Gasteiger partial charge in [0.2, 0.25) is 10.8 Å². The smallest absolute Gasteiger partial charge is 0.316 e. The Morgan fingerprint density at radius 1 is 1.30 bits per heavy atom. The first-order valence-corrected chi connectivity index (χ1v) is 8.99. The van der Waals surface area contributed by atoms with Crippen LogP contribution < -0.4 is 5.73 Å². The highest BCUT2D eigenvalue weighted by molar-refractivity contribution is 8.00. The van der Waals surface area contributed by atoms with Gasteiger partial charge in [0.15, 0.2) is 0 Å². The summed E-state index contributed by atoms with van der Waals surface area (Å²) in [6, 6.07) is 11.8. The maximum absolute atomic E-state index is 11.9. The van der Waals surface area contributed by atoms with E-state index in [1.165, 1.54) is 0 Å². The van der Waals surface area contributed by atoms with Gasteiger partial charge in [-0.2, -0.15) is 15.8 Å². The highest BCUT2D eigenvalue weighted by atomic mass is 35.5. The fraction of sp³-hybridized carbons (Fsp3) is 0.222. The molecule has 0 unspecified atom stereocenters. The van der Waals surface area contributed by atoms with Gasteiger partial charge in [-0.1, -0.05) is 35.5 Å². The molecule has 1 heterocycles. The van der Waals surface area contributed by atoms with Gasteiger partial charge in [0.25, 0.3) is 0 Å². The molecule has 1 aromatic carbocycles. The van der Waals surface area contributed by atoms with Crippen molar-refractivity contribution in [3.63, 3.8) is 0 Å². The molecule has 0 aromatic heterocycles. The second kappa shape index (κ2) is 8.51. The number of carbonyl (C=O) groups excluding carboxylic acids is 1. The fourth-order valence-corrected chi connectivity index (χ4v) is 3.83.